The van der Waals surface area contributed by atoms with Gasteiger partial charge in [0.15, 0.2) is 0 Å². The zero-order chi connectivity index (χ0) is 18.1. The highest BCUT2D eigenvalue weighted by atomic mass is 15.1. The van der Waals surface area contributed by atoms with Gasteiger partial charge in [0.1, 0.15) is 5.69 Å². The van der Waals surface area contributed by atoms with Crippen LogP contribution >= 0.6 is 0 Å². The normalized spacial score (nSPS) is 11.0. The summed E-state index contributed by atoms with van der Waals surface area (Å²) in [5.74, 6) is 0. The third-order valence-electron chi connectivity index (χ3n) is 4.70. The summed E-state index contributed by atoms with van der Waals surface area (Å²) < 4.78 is 0. The van der Waals surface area contributed by atoms with Crippen molar-refractivity contribution in [3.8, 4) is 33.8 Å². The molecule has 0 unspecified atom stereocenters. The summed E-state index contributed by atoms with van der Waals surface area (Å²) in [6.07, 6.45) is 5.41. The zero-order valence-corrected chi connectivity index (χ0v) is 14.5. The van der Waals surface area contributed by atoms with Crippen molar-refractivity contribution in [3.63, 3.8) is 0 Å². The smallest absolute Gasteiger partial charge is 0.118 e. The lowest BCUT2D eigenvalue weighted by Crippen LogP contribution is -1.92. The molecule has 3 heterocycles. The van der Waals surface area contributed by atoms with E-state index in [1.807, 2.05) is 54.9 Å². The molecule has 2 aromatic carbocycles. The van der Waals surface area contributed by atoms with Crippen LogP contribution in [0.3, 0.4) is 0 Å². The molecule has 128 valence electrons. The standard InChI is InChI=1S/C23H16N4/c1-2-6-17(7-3-1)21-14-20(16-10-12-24-13-11-16)22(26-21)23-19-9-5-4-8-18(19)15-25-27-23/h1-15,26H. The number of nitrogens with one attached hydrogen (secondary N) is 1. The van der Waals surface area contributed by atoms with Crippen LogP contribution in [0.4, 0.5) is 0 Å². The predicted octanol–water partition coefficient (Wildman–Crippen LogP) is 5.35. The summed E-state index contributed by atoms with van der Waals surface area (Å²) in [6, 6.07) is 24.7. The average molecular weight is 348 g/mol. The first kappa shape index (κ1) is 15.5. The minimum absolute atomic E-state index is 0.849. The maximum atomic E-state index is 4.47. The Morgan fingerprint density at radius 1 is 0.741 bits per heavy atom. The molecule has 5 rings (SSSR count). The largest absolute Gasteiger partial charge is 0.353 e. The molecular formula is C23H16N4. The number of benzene rings is 2. The molecule has 5 aromatic rings. The molecule has 0 aliphatic heterocycles. The lowest BCUT2D eigenvalue weighted by Gasteiger charge is -2.06. The van der Waals surface area contributed by atoms with Crippen LogP contribution in [0.2, 0.25) is 0 Å². The number of rotatable bonds is 3. The molecular weight excluding hydrogens is 332 g/mol. The van der Waals surface area contributed by atoms with Gasteiger partial charge in [-0.3, -0.25) is 4.98 Å². The fourth-order valence-electron chi connectivity index (χ4n) is 3.39. The molecule has 0 amide bonds. The number of aromatic amines is 1. The van der Waals surface area contributed by atoms with Crippen molar-refractivity contribution < 1.29 is 0 Å². The number of fused-ring (bicyclic) bond motifs is 1. The van der Waals surface area contributed by atoms with Gasteiger partial charge in [0.2, 0.25) is 0 Å². The third-order valence-corrected chi connectivity index (χ3v) is 4.70. The molecule has 0 bridgehead atoms. The van der Waals surface area contributed by atoms with Gasteiger partial charge in [-0.05, 0) is 29.3 Å². The van der Waals surface area contributed by atoms with Gasteiger partial charge in [-0.25, -0.2) is 0 Å². The fourth-order valence-corrected chi connectivity index (χ4v) is 3.39. The lowest BCUT2D eigenvalue weighted by molar-refractivity contribution is 1.05. The summed E-state index contributed by atoms with van der Waals surface area (Å²) in [4.78, 5) is 7.73. The van der Waals surface area contributed by atoms with Crippen LogP contribution in [0.15, 0.2) is 91.4 Å². The monoisotopic (exact) mass is 348 g/mol. The van der Waals surface area contributed by atoms with Crippen LogP contribution in [0.5, 0.6) is 0 Å². The highest BCUT2D eigenvalue weighted by Gasteiger charge is 2.16. The van der Waals surface area contributed by atoms with E-state index in [0.29, 0.717) is 0 Å². The Labute approximate surface area is 156 Å². The van der Waals surface area contributed by atoms with E-state index in [4.69, 9.17) is 0 Å². The van der Waals surface area contributed by atoms with Crippen molar-refractivity contribution in [2.45, 2.75) is 0 Å². The van der Waals surface area contributed by atoms with E-state index in [0.717, 1.165) is 44.5 Å². The third kappa shape index (κ3) is 2.77. The van der Waals surface area contributed by atoms with Gasteiger partial charge in [0.05, 0.1) is 11.9 Å². The van der Waals surface area contributed by atoms with E-state index >= 15 is 0 Å². The number of pyridine rings is 1. The van der Waals surface area contributed by atoms with E-state index < -0.39 is 0 Å². The number of hydrogen-bond acceptors (Lipinski definition) is 3. The van der Waals surface area contributed by atoms with Crippen LogP contribution in [0, 0.1) is 0 Å². The van der Waals surface area contributed by atoms with Gasteiger partial charge in [-0.1, -0.05) is 54.6 Å². The summed E-state index contributed by atoms with van der Waals surface area (Å²) in [6.45, 7) is 0. The Bertz CT molecular complexity index is 1210. The average Bonchev–Trinajstić information content (AvgIpc) is 3.20. The number of nitrogens with zero attached hydrogens (tertiary/aromatic N) is 3. The van der Waals surface area contributed by atoms with Crippen molar-refractivity contribution >= 4 is 10.8 Å². The first-order valence-corrected chi connectivity index (χ1v) is 8.80. The summed E-state index contributed by atoms with van der Waals surface area (Å²) in [7, 11) is 0. The van der Waals surface area contributed by atoms with Crippen molar-refractivity contribution in [1.29, 1.82) is 0 Å². The fraction of sp³-hybridized carbons (Fsp3) is 0. The Morgan fingerprint density at radius 3 is 2.37 bits per heavy atom. The Kier molecular flexibility index (Phi) is 3.72. The lowest BCUT2D eigenvalue weighted by atomic mass is 10.0. The minimum atomic E-state index is 0.849. The molecule has 0 fully saturated rings. The number of H-pyrrole nitrogens is 1. The van der Waals surface area contributed by atoms with Crippen molar-refractivity contribution in [1.82, 2.24) is 20.2 Å². The molecule has 0 aliphatic rings. The van der Waals surface area contributed by atoms with Crippen LogP contribution in [0.1, 0.15) is 0 Å². The van der Waals surface area contributed by atoms with Gasteiger partial charge >= 0.3 is 0 Å². The summed E-state index contributed by atoms with van der Waals surface area (Å²) in [5.41, 5.74) is 6.17. The summed E-state index contributed by atoms with van der Waals surface area (Å²) in [5, 5.41) is 10.8. The molecule has 4 nitrogen and oxygen atoms in total. The first-order valence-electron chi connectivity index (χ1n) is 8.80. The molecule has 0 radical (unpaired) electrons. The predicted molar refractivity (Wildman–Crippen MR) is 108 cm³/mol. The second kappa shape index (κ2) is 6.50. The molecule has 0 spiro atoms. The Morgan fingerprint density at radius 2 is 1.52 bits per heavy atom. The van der Waals surface area contributed by atoms with Gasteiger partial charge in [0, 0.05) is 34.4 Å². The highest BCUT2D eigenvalue weighted by Crippen LogP contribution is 2.37. The highest BCUT2D eigenvalue weighted by molar-refractivity contribution is 5.97. The van der Waals surface area contributed by atoms with Crippen LogP contribution in [0.25, 0.3) is 44.5 Å². The Balaban J connectivity index is 1.79. The molecule has 0 aliphatic carbocycles. The molecule has 27 heavy (non-hydrogen) atoms. The Hall–Kier alpha value is -3.79. The van der Waals surface area contributed by atoms with Crippen molar-refractivity contribution in [3.05, 3.63) is 91.4 Å². The van der Waals surface area contributed by atoms with Crippen molar-refractivity contribution in [2.24, 2.45) is 0 Å². The van der Waals surface area contributed by atoms with Gasteiger partial charge in [-0.2, -0.15) is 5.10 Å². The number of hydrogen-bond donors (Lipinski definition) is 1. The molecule has 1 N–H and O–H groups in total. The minimum Gasteiger partial charge on any atom is -0.353 e. The molecule has 0 atom stereocenters. The van der Waals surface area contributed by atoms with E-state index in [-0.39, 0.29) is 0 Å². The summed E-state index contributed by atoms with van der Waals surface area (Å²) >= 11 is 0. The van der Waals surface area contributed by atoms with Gasteiger partial charge < -0.3 is 4.98 Å². The maximum Gasteiger partial charge on any atom is 0.118 e. The maximum absolute atomic E-state index is 4.47. The second-order valence-electron chi connectivity index (χ2n) is 6.35. The first-order chi connectivity index (χ1) is 13.4. The number of aromatic nitrogens is 4. The van der Waals surface area contributed by atoms with E-state index in [1.165, 1.54) is 0 Å². The molecule has 0 saturated heterocycles. The zero-order valence-electron chi connectivity index (χ0n) is 14.5. The molecule has 3 aromatic heterocycles. The van der Waals surface area contributed by atoms with Gasteiger partial charge in [0.25, 0.3) is 0 Å². The molecule has 4 heteroatoms. The van der Waals surface area contributed by atoms with Gasteiger partial charge in [-0.15, -0.1) is 5.10 Å². The molecule has 0 saturated carbocycles. The van der Waals surface area contributed by atoms with Crippen molar-refractivity contribution in [2.75, 3.05) is 0 Å². The van der Waals surface area contributed by atoms with Crippen LogP contribution < -0.4 is 0 Å². The van der Waals surface area contributed by atoms with E-state index in [2.05, 4.69) is 50.5 Å². The second-order valence-corrected chi connectivity index (χ2v) is 6.35. The quantitative estimate of drug-likeness (QED) is 0.478. The van der Waals surface area contributed by atoms with Crippen LogP contribution in [-0.2, 0) is 0 Å². The van der Waals surface area contributed by atoms with E-state index in [9.17, 15) is 0 Å². The van der Waals surface area contributed by atoms with Crippen LogP contribution in [-0.4, -0.2) is 20.2 Å². The SMILES string of the molecule is c1ccc(-c2cc(-c3ccncc3)c(-c3nncc4ccccc34)[nH]2)cc1. The topological polar surface area (TPSA) is 54.5 Å². The van der Waals surface area contributed by atoms with E-state index in [1.54, 1.807) is 6.20 Å².